The van der Waals surface area contributed by atoms with Crippen LogP contribution in [0, 0.1) is 0 Å². The van der Waals surface area contributed by atoms with Gasteiger partial charge in [0.2, 0.25) is 0 Å². The number of hydrogen-bond acceptors (Lipinski definition) is 5. The van der Waals surface area contributed by atoms with E-state index in [1.807, 2.05) is 13.8 Å². The van der Waals surface area contributed by atoms with E-state index in [9.17, 15) is 9.59 Å². The summed E-state index contributed by atoms with van der Waals surface area (Å²) in [4.78, 5) is 24.2. The van der Waals surface area contributed by atoms with E-state index in [2.05, 4.69) is 10.4 Å². The fourth-order valence-corrected chi connectivity index (χ4v) is 2.82. The third kappa shape index (κ3) is 6.42. The lowest BCUT2D eigenvalue weighted by Crippen LogP contribution is -2.31. The lowest BCUT2D eigenvalue weighted by molar-refractivity contribution is -0.153. The number of rotatable bonds is 9. The van der Waals surface area contributed by atoms with Gasteiger partial charge >= 0.3 is 5.97 Å². The molecule has 0 aliphatic carbocycles. The van der Waals surface area contributed by atoms with Crippen LogP contribution in [-0.2, 0) is 14.3 Å². The van der Waals surface area contributed by atoms with Gasteiger partial charge in [-0.2, -0.15) is 5.10 Å². The van der Waals surface area contributed by atoms with E-state index in [4.69, 9.17) is 32.7 Å². The van der Waals surface area contributed by atoms with Gasteiger partial charge in [0.25, 0.3) is 5.91 Å². The summed E-state index contributed by atoms with van der Waals surface area (Å²) in [5, 5.41) is 7.77. The minimum Gasteiger partial charge on any atom is -0.492 e. The Morgan fingerprint density at radius 3 is 2.64 bits per heavy atom. The lowest BCUT2D eigenvalue weighted by atomic mass is 10.3. The lowest BCUT2D eigenvalue weighted by Gasteiger charge is -2.15. The summed E-state index contributed by atoms with van der Waals surface area (Å²) in [6, 6.07) is 6.70. The molecule has 0 saturated carbocycles. The summed E-state index contributed by atoms with van der Waals surface area (Å²) in [5.74, 6) is 0.149. The van der Waals surface area contributed by atoms with Crippen LogP contribution in [0.1, 0.15) is 39.7 Å². The Labute approximate surface area is 173 Å². The number of carbonyl (C=O) groups excluding carboxylic acids is 2. The second-order valence-electron chi connectivity index (χ2n) is 6.40. The number of amides is 1. The van der Waals surface area contributed by atoms with E-state index in [0.29, 0.717) is 28.0 Å². The number of nitrogens with zero attached hydrogens (tertiary/aromatic N) is 2. The van der Waals surface area contributed by atoms with Gasteiger partial charge in [-0.3, -0.25) is 9.59 Å². The largest absolute Gasteiger partial charge is 0.492 e. The third-order valence-corrected chi connectivity index (χ3v) is 4.30. The minimum absolute atomic E-state index is 0.0947. The topological polar surface area (TPSA) is 82.4 Å². The molecule has 0 fully saturated rings. The molecule has 2 aromatic rings. The molecular weight excluding hydrogens is 405 g/mol. The van der Waals surface area contributed by atoms with Gasteiger partial charge < -0.3 is 14.8 Å². The second-order valence-corrected chi connectivity index (χ2v) is 7.25. The van der Waals surface area contributed by atoms with Crippen LogP contribution in [0.25, 0.3) is 0 Å². The van der Waals surface area contributed by atoms with Crippen molar-refractivity contribution in [2.75, 3.05) is 11.9 Å². The maximum atomic E-state index is 12.2. The smallest absolute Gasteiger partial charge is 0.306 e. The van der Waals surface area contributed by atoms with Crippen LogP contribution in [-0.4, -0.2) is 34.4 Å². The molecule has 28 heavy (non-hydrogen) atoms. The Hall–Kier alpha value is -2.25. The van der Waals surface area contributed by atoms with Crippen molar-refractivity contribution in [1.82, 2.24) is 9.78 Å². The molecule has 0 aliphatic rings. The van der Waals surface area contributed by atoms with Crippen molar-refractivity contribution in [2.45, 2.75) is 45.8 Å². The fourth-order valence-electron chi connectivity index (χ4n) is 2.35. The van der Waals surface area contributed by atoms with Crippen LogP contribution in [0.5, 0.6) is 5.75 Å². The molecule has 0 saturated heterocycles. The Kier molecular flexibility index (Phi) is 8.14. The summed E-state index contributed by atoms with van der Waals surface area (Å²) in [7, 11) is 0. The van der Waals surface area contributed by atoms with Crippen molar-refractivity contribution < 1.29 is 19.1 Å². The van der Waals surface area contributed by atoms with Gasteiger partial charge in [-0.15, -0.1) is 0 Å². The van der Waals surface area contributed by atoms with E-state index in [1.54, 1.807) is 35.1 Å². The first-order chi connectivity index (χ1) is 13.3. The fraction of sp³-hybridized carbons (Fsp3) is 0.421. The van der Waals surface area contributed by atoms with Gasteiger partial charge in [0, 0.05) is 23.6 Å². The molecule has 1 amide bonds. The molecule has 0 radical (unpaired) electrons. The van der Waals surface area contributed by atoms with Gasteiger partial charge in [0.1, 0.15) is 11.6 Å². The summed E-state index contributed by atoms with van der Waals surface area (Å²) in [6.45, 7) is 5.70. The third-order valence-electron chi connectivity index (χ3n) is 3.76. The summed E-state index contributed by atoms with van der Waals surface area (Å²) >= 11 is 11.8. The van der Waals surface area contributed by atoms with E-state index < -0.39 is 18.0 Å². The van der Waals surface area contributed by atoms with E-state index in [-0.39, 0.29) is 19.1 Å². The highest BCUT2D eigenvalue weighted by Gasteiger charge is 2.19. The van der Waals surface area contributed by atoms with Crippen LogP contribution in [0.4, 0.5) is 5.82 Å². The molecular formula is C19H23Cl2N3O4. The number of ether oxygens (including phenoxy) is 2. The van der Waals surface area contributed by atoms with Crippen LogP contribution < -0.4 is 10.1 Å². The first-order valence-electron chi connectivity index (χ1n) is 8.89. The average Bonchev–Trinajstić information content (AvgIpc) is 3.08. The van der Waals surface area contributed by atoms with Gasteiger partial charge in [-0.05, 0) is 45.4 Å². The molecule has 9 heteroatoms. The molecule has 7 nitrogen and oxygen atoms in total. The van der Waals surface area contributed by atoms with Gasteiger partial charge in [0.15, 0.2) is 6.10 Å². The molecule has 0 bridgehead atoms. The van der Waals surface area contributed by atoms with Gasteiger partial charge in [-0.25, -0.2) is 4.68 Å². The highest BCUT2D eigenvalue weighted by atomic mass is 35.5. The minimum atomic E-state index is -0.922. The van der Waals surface area contributed by atoms with Crippen molar-refractivity contribution in [3.05, 3.63) is 40.5 Å². The Morgan fingerprint density at radius 1 is 1.21 bits per heavy atom. The zero-order valence-electron chi connectivity index (χ0n) is 15.9. The molecule has 2 rings (SSSR count). The normalized spacial score (nSPS) is 11.9. The number of anilines is 1. The summed E-state index contributed by atoms with van der Waals surface area (Å²) in [6.07, 6.45) is 1.22. The number of nitrogens with one attached hydrogen (secondary N) is 1. The van der Waals surface area contributed by atoms with Crippen molar-refractivity contribution in [1.29, 1.82) is 0 Å². The van der Waals surface area contributed by atoms with E-state index in [1.165, 1.54) is 6.92 Å². The molecule has 152 valence electrons. The van der Waals surface area contributed by atoms with Crippen LogP contribution in [0.15, 0.2) is 30.5 Å². The molecule has 1 unspecified atom stereocenters. The molecule has 1 aromatic heterocycles. The molecule has 0 spiro atoms. The average molecular weight is 428 g/mol. The molecule has 1 atom stereocenters. The first kappa shape index (κ1) is 22.0. The van der Waals surface area contributed by atoms with Crippen molar-refractivity contribution in [3.63, 3.8) is 0 Å². The number of halogens is 2. The predicted octanol–water partition coefficient (Wildman–Crippen LogP) is 4.50. The van der Waals surface area contributed by atoms with E-state index >= 15 is 0 Å². The molecule has 1 heterocycles. The van der Waals surface area contributed by atoms with Crippen LogP contribution in [0.2, 0.25) is 10.0 Å². The number of benzene rings is 1. The highest BCUT2D eigenvalue weighted by Crippen LogP contribution is 2.27. The standard InChI is InChI=1S/C19H23Cl2N3O4/c1-12(2)24-17(8-9-22-24)23-19(26)13(3)28-18(25)5-4-10-27-16-7-6-14(20)11-15(16)21/h6-9,11-13H,4-5,10H2,1-3H3,(H,23,26). The number of carbonyl (C=O) groups is 2. The van der Waals surface area contributed by atoms with Crippen molar-refractivity contribution in [2.24, 2.45) is 0 Å². The summed E-state index contributed by atoms with van der Waals surface area (Å²) in [5.41, 5.74) is 0. The van der Waals surface area contributed by atoms with Gasteiger partial charge in [0.05, 0.1) is 17.8 Å². The molecule has 0 aliphatic heterocycles. The monoisotopic (exact) mass is 427 g/mol. The predicted molar refractivity (Wildman–Crippen MR) is 108 cm³/mol. The second kappa shape index (κ2) is 10.3. The molecule has 1 N–H and O–H groups in total. The van der Waals surface area contributed by atoms with Crippen molar-refractivity contribution >= 4 is 40.9 Å². The Morgan fingerprint density at radius 2 is 1.96 bits per heavy atom. The number of aromatic nitrogens is 2. The highest BCUT2D eigenvalue weighted by molar-refractivity contribution is 6.35. The van der Waals surface area contributed by atoms with Crippen LogP contribution >= 0.6 is 23.2 Å². The number of hydrogen-bond donors (Lipinski definition) is 1. The summed E-state index contributed by atoms with van der Waals surface area (Å²) < 4.78 is 12.4. The van der Waals surface area contributed by atoms with Gasteiger partial charge in [-0.1, -0.05) is 23.2 Å². The van der Waals surface area contributed by atoms with Crippen molar-refractivity contribution in [3.8, 4) is 5.75 Å². The quantitative estimate of drug-likeness (QED) is 0.470. The maximum absolute atomic E-state index is 12.2. The Balaban J connectivity index is 1.73. The maximum Gasteiger partial charge on any atom is 0.306 e. The Bertz CT molecular complexity index is 823. The number of esters is 1. The SMILES string of the molecule is CC(OC(=O)CCCOc1ccc(Cl)cc1Cl)C(=O)Nc1ccnn1C(C)C. The zero-order chi connectivity index (χ0) is 20.7. The first-order valence-corrected chi connectivity index (χ1v) is 9.65. The van der Waals surface area contributed by atoms with E-state index in [0.717, 1.165) is 0 Å². The zero-order valence-corrected chi connectivity index (χ0v) is 17.5. The van der Waals surface area contributed by atoms with Crippen LogP contribution in [0.3, 0.4) is 0 Å². The molecule has 1 aromatic carbocycles.